The predicted molar refractivity (Wildman–Crippen MR) is 180 cm³/mol. The number of hydrazine groups is 1. The topological polar surface area (TPSA) is 128 Å². The lowest BCUT2D eigenvalue weighted by Crippen LogP contribution is -2.57. The fraction of sp³-hybridized carbons (Fsp3) is 0.371. The maximum atomic E-state index is 13.9. The summed E-state index contributed by atoms with van der Waals surface area (Å²) in [6.45, 7) is 7.75. The Morgan fingerprint density at radius 1 is 1.04 bits per heavy atom. The monoisotopic (exact) mass is 641 g/mol. The number of nitrogens with two attached hydrogens (primary N) is 1. The molecule has 0 saturated carbocycles. The molecule has 10 nitrogen and oxygen atoms in total. The molecule has 4 aromatic rings. The quantitative estimate of drug-likeness (QED) is 0.139. The van der Waals surface area contributed by atoms with Gasteiger partial charge in [-0.05, 0) is 42.5 Å². The highest BCUT2D eigenvalue weighted by atomic mass is 32.1. The Morgan fingerprint density at radius 2 is 1.78 bits per heavy atom. The highest BCUT2D eigenvalue weighted by Gasteiger charge is 2.40. The molecule has 4 N–H and O–H groups in total. The molecule has 11 heteroatoms. The Kier molecular flexibility index (Phi) is 11.1. The van der Waals surface area contributed by atoms with Crippen LogP contribution in [0.5, 0.6) is 0 Å². The molecule has 0 spiro atoms. The zero-order valence-corrected chi connectivity index (χ0v) is 27.4. The van der Waals surface area contributed by atoms with Crippen LogP contribution in [0.2, 0.25) is 0 Å². The second-order valence-corrected chi connectivity index (χ2v) is 13.2. The molecular weight excluding hydrogens is 598 g/mol. The van der Waals surface area contributed by atoms with Crippen LogP contribution in [0.4, 0.5) is 4.79 Å². The number of carbonyl (C=O) groups excluding carboxylic acids is 2. The molecule has 2 aromatic heterocycles. The minimum atomic E-state index is -0.964. The van der Waals surface area contributed by atoms with Crippen molar-refractivity contribution in [3.8, 4) is 11.3 Å². The number of aryl methyl sites for hydroxylation is 1. The fourth-order valence-corrected chi connectivity index (χ4v) is 6.49. The average Bonchev–Trinajstić information content (AvgIpc) is 3.62. The number of amides is 3. The number of urea groups is 1. The van der Waals surface area contributed by atoms with Crippen molar-refractivity contribution < 1.29 is 14.7 Å². The predicted octanol–water partition coefficient (Wildman–Crippen LogP) is 4.24. The summed E-state index contributed by atoms with van der Waals surface area (Å²) in [5, 5.41) is 19.1. The van der Waals surface area contributed by atoms with Crippen molar-refractivity contribution in [2.45, 2.75) is 58.5 Å². The van der Waals surface area contributed by atoms with Crippen molar-refractivity contribution in [3.63, 3.8) is 0 Å². The Labute approximate surface area is 274 Å². The maximum Gasteiger partial charge on any atom is 0.321 e. The molecular formula is C35H43N7O3S. The van der Waals surface area contributed by atoms with Crippen LogP contribution in [-0.2, 0) is 24.3 Å². The Bertz CT molecular complexity index is 1570. The zero-order chi connectivity index (χ0) is 32.6. The van der Waals surface area contributed by atoms with E-state index in [-0.39, 0.29) is 24.4 Å². The van der Waals surface area contributed by atoms with Crippen molar-refractivity contribution in [2.24, 2.45) is 11.8 Å². The molecule has 46 heavy (non-hydrogen) atoms. The molecule has 3 atom stereocenters. The van der Waals surface area contributed by atoms with Crippen molar-refractivity contribution in [3.05, 3.63) is 106 Å². The van der Waals surface area contributed by atoms with Crippen molar-refractivity contribution in [1.82, 2.24) is 30.1 Å². The van der Waals surface area contributed by atoms with Gasteiger partial charge in [0.25, 0.3) is 0 Å². The number of aromatic nitrogens is 2. The Hall–Kier alpha value is -4.16. The molecule has 0 bridgehead atoms. The minimum Gasteiger partial charge on any atom is -0.390 e. The lowest BCUT2D eigenvalue weighted by Gasteiger charge is -2.33. The zero-order valence-electron chi connectivity index (χ0n) is 26.6. The van der Waals surface area contributed by atoms with Crippen LogP contribution in [0.1, 0.15) is 35.7 Å². The molecule has 1 fully saturated rings. The third kappa shape index (κ3) is 8.55. The number of hydrogen-bond acceptors (Lipinski definition) is 8. The smallest absolute Gasteiger partial charge is 0.321 e. The normalized spacial score (nSPS) is 15.4. The van der Waals surface area contributed by atoms with Gasteiger partial charge in [-0.1, -0.05) is 74.5 Å². The van der Waals surface area contributed by atoms with E-state index in [1.54, 1.807) is 32.3 Å². The Morgan fingerprint density at radius 3 is 2.43 bits per heavy atom. The number of aliphatic hydroxyl groups excluding tert-OH is 1. The van der Waals surface area contributed by atoms with Crippen molar-refractivity contribution in [2.75, 3.05) is 19.6 Å². The third-order valence-corrected chi connectivity index (χ3v) is 9.02. The Balaban J connectivity index is 1.25. The molecule has 2 aromatic carbocycles. The summed E-state index contributed by atoms with van der Waals surface area (Å²) in [6, 6.07) is 22.1. The molecule has 3 heterocycles. The van der Waals surface area contributed by atoms with Gasteiger partial charge in [0, 0.05) is 43.3 Å². The van der Waals surface area contributed by atoms with E-state index in [1.165, 1.54) is 0 Å². The van der Waals surface area contributed by atoms with E-state index >= 15 is 0 Å². The van der Waals surface area contributed by atoms with E-state index in [4.69, 9.17) is 5.84 Å². The number of rotatable bonds is 14. The molecule has 0 aliphatic carbocycles. The molecule has 242 valence electrons. The first-order valence-corrected chi connectivity index (χ1v) is 16.5. The van der Waals surface area contributed by atoms with Crippen molar-refractivity contribution in [1.29, 1.82) is 0 Å². The molecule has 1 aliphatic rings. The van der Waals surface area contributed by atoms with Crippen LogP contribution in [-0.4, -0.2) is 79.6 Å². The van der Waals surface area contributed by atoms with Gasteiger partial charge in [0.15, 0.2) is 0 Å². The number of carbonyl (C=O) groups is 2. The first-order valence-electron chi connectivity index (χ1n) is 15.7. The summed E-state index contributed by atoms with van der Waals surface area (Å²) in [7, 11) is 0. The fourth-order valence-electron chi connectivity index (χ4n) is 5.89. The number of thiazole rings is 1. The summed E-state index contributed by atoms with van der Waals surface area (Å²) < 4.78 is 0. The van der Waals surface area contributed by atoms with Crippen LogP contribution in [0.3, 0.4) is 0 Å². The highest BCUT2D eigenvalue weighted by Crippen LogP contribution is 2.22. The molecule has 0 radical (unpaired) electrons. The van der Waals surface area contributed by atoms with Crippen LogP contribution in [0.15, 0.2) is 84.4 Å². The first kappa shape index (κ1) is 33.2. The van der Waals surface area contributed by atoms with Gasteiger partial charge in [-0.3, -0.25) is 15.6 Å². The van der Waals surface area contributed by atoms with Gasteiger partial charge in [-0.25, -0.2) is 14.8 Å². The molecule has 3 amide bonds. The summed E-state index contributed by atoms with van der Waals surface area (Å²) in [5.41, 5.74) is 4.72. The van der Waals surface area contributed by atoms with E-state index in [0.29, 0.717) is 32.6 Å². The maximum absolute atomic E-state index is 13.9. The van der Waals surface area contributed by atoms with Crippen LogP contribution in [0.25, 0.3) is 11.3 Å². The van der Waals surface area contributed by atoms with E-state index in [2.05, 4.69) is 15.3 Å². The summed E-state index contributed by atoms with van der Waals surface area (Å²) in [4.78, 5) is 39.7. The number of hydrogen-bond donors (Lipinski definition) is 3. The average molecular weight is 642 g/mol. The lowest BCUT2D eigenvalue weighted by atomic mass is 9.97. The second-order valence-electron chi connectivity index (χ2n) is 12.2. The number of pyridine rings is 1. The van der Waals surface area contributed by atoms with Gasteiger partial charge in [0.05, 0.1) is 35.1 Å². The van der Waals surface area contributed by atoms with Gasteiger partial charge in [-0.15, -0.1) is 11.3 Å². The largest absolute Gasteiger partial charge is 0.390 e. The molecule has 1 unspecified atom stereocenters. The molecule has 1 saturated heterocycles. The van der Waals surface area contributed by atoms with Gasteiger partial charge < -0.3 is 20.2 Å². The second kappa shape index (κ2) is 15.4. The minimum absolute atomic E-state index is 0.135. The number of aliphatic hydroxyl groups is 1. The van der Waals surface area contributed by atoms with E-state index < -0.39 is 18.2 Å². The number of nitrogens with zero attached hydrogens (tertiary/aromatic N) is 5. The summed E-state index contributed by atoms with van der Waals surface area (Å²) in [5.74, 6) is 5.98. The van der Waals surface area contributed by atoms with E-state index in [0.717, 1.165) is 33.1 Å². The van der Waals surface area contributed by atoms with Gasteiger partial charge in [0.2, 0.25) is 5.91 Å². The van der Waals surface area contributed by atoms with Gasteiger partial charge in [-0.2, -0.15) is 0 Å². The van der Waals surface area contributed by atoms with E-state index in [1.807, 2.05) is 98.9 Å². The van der Waals surface area contributed by atoms with Crippen molar-refractivity contribution >= 4 is 23.3 Å². The highest BCUT2D eigenvalue weighted by molar-refractivity contribution is 7.09. The standard InChI is InChI=1S/C35H43N7O3S/c1-24(2)33(42-18-17-40(35(42)45)21-29-23-46-25(3)38-29)34(44)39-31(19-26-9-5-4-6-10-26)32(43)22-41(36)20-27-12-14-28(15-13-27)30-11-7-8-16-37-30/h4-16,23-24,31-33,43H,17-22,36H2,1-3H3,(H,39,44)/t31-,32-,33?/m0/s1. The van der Waals surface area contributed by atoms with Gasteiger partial charge >= 0.3 is 6.03 Å². The number of benzene rings is 2. The molecule has 5 rings (SSSR count). The molecule has 1 aliphatic heterocycles. The SMILES string of the molecule is Cc1nc(CN2CCN(C(C(=O)N[C@@H](Cc3ccccc3)[C@@H](O)CN(N)Cc3ccc(-c4ccccn4)cc3)C(C)C)C2=O)cs1. The van der Waals surface area contributed by atoms with E-state index in [9.17, 15) is 14.7 Å². The van der Waals surface area contributed by atoms with Crippen LogP contribution in [0, 0.1) is 12.8 Å². The first-order chi connectivity index (χ1) is 22.2. The lowest BCUT2D eigenvalue weighted by molar-refractivity contribution is -0.128. The summed E-state index contributed by atoms with van der Waals surface area (Å²) >= 11 is 1.55. The number of nitrogens with one attached hydrogen (secondary N) is 1. The van der Waals surface area contributed by atoms with Crippen LogP contribution >= 0.6 is 11.3 Å². The summed E-state index contributed by atoms with van der Waals surface area (Å²) in [6.07, 6.45) is 1.21. The van der Waals surface area contributed by atoms with Gasteiger partial charge in [0.1, 0.15) is 6.04 Å². The third-order valence-electron chi connectivity index (χ3n) is 8.19. The van der Waals surface area contributed by atoms with Crippen LogP contribution < -0.4 is 11.2 Å².